The first-order valence-corrected chi connectivity index (χ1v) is 8.90. The maximum absolute atomic E-state index is 12.0. The molecule has 2 heterocycles. The first kappa shape index (κ1) is 17.9. The first-order valence-electron chi connectivity index (χ1n) is 8.90. The number of aromatic nitrogens is 1. The Labute approximate surface area is 161 Å². The van der Waals surface area contributed by atoms with Crippen LogP contribution in [0.25, 0.3) is 17.2 Å². The Balaban J connectivity index is 1.67. The lowest BCUT2D eigenvalue weighted by atomic mass is 10.0. The number of rotatable bonds is 6. The molecule has 1 aliphatic rings. The van der Waals surface area contributed by atoms with Crippen LogP contribution >= 0.6 is 0 Å². The van der Waals surface area contributed by atoms with Crippen molar-refractivity contribution in [2.75, 3.05) is 20.8 Å². The molecule has 3 aromatic rings. The molecule has 0 aliphatic carbocycles. The molecule has 0 bridgehead atoms. The van der Waals surface area contributed by atoms with Crippen molar-refractivity contribution in [3.63, 3.8) is 0 Å². The molecule has 142 valence electrons. The molecule has 0 saturated heterocycles. The highest BCUT2D eigenvalue weighted by Crippen LogP contribution is 2.32. The third-order valence-corrected chi connectivity index (χ3v) is 4.66. The molecule has 0 fully saturated rings. The van der Waals surface area contributed by atoms with Gasteiger partial charge in [0.2, 0.25) is 5.56 Å². The van der Waals surface area contributed by atoms with E-state index in [0.717, 1.165) is 27.7 Å². The minimum Gasteiger partial charge on any atom is -0.496 e. The molecule has 0 unspecified atom stereocenters. The maximum Gasteiger partial charge on any atom is 0.250 e. The number of fused-ring (bicyclic) bond motifs is 1. The summed E-state index contributed by atoms with van der Waals surface area (Å²) in [5, 5.41) is 0.935. The van der Waals surface area contributed by atoms with Crippen LogP contribution in [0.15, 0.2) is 58.3 Å². The molecule has 0 spiro atoms. The van der Waals surface area contributed by atoms with Crippen molar-refractivity contribution < 1.29 is 14.2 Å². The third-order valence-electron chi connectivity index (χ3n) is 4.66. The van der Waals surface area contributed by atoms with Crippen LogP contribution < -0.4 is 30.5 Å². The van der Waals surface area contributed by atoms with Crippen molar-refractivity contribution >= 4 is 6.08 Å². The molecule has 2 aromatic carbocycles. The van der Waals surface area contributed by atoms with E-state index in [2.05, 4.69) is 9.98 Å². The minimum absolute atomic E-state index is 0.178. The van der Waals surface area contributed by atoms with Crippen molar-refractivity contribution in [3.8, 4) is 28.4 Å². The van der Waals surface area contributed by atoms with E-state index in [1.807, 2.05) is 48.5 Å². The standard InChI is InChI=1S/C22H20N2O4/c1-26-18-6-4-3-5-15(18)13-28-19-8-7-14(11-20(19)27-2)17-12-21(25)24-22-16(17)9-10-23-22/h3-9,11-12H,10,13H2,1-2H3,(H,23,24,25). The van der Waals surface area contributed by atoms with Crippen LogP contribution in [-0.4, -0.2) is 25.7 Å². The number of ether oxygens (including phenoxy) is 3. The van der Waals surface area contributed by atoms with E-state index in [4.69, 9.17) is 14.2 Å². The zero-order valence-electron chi connectivity index (χ0n) is 15.7. The topological polar surface area (TPSA) is 72.9 Å². The largest absolute Gasteiger partial charge is 0.496 e. The van der Waals surface area contributed by atoms with Gasteiger partial charge < -0.3 is 19.2 Å². The molecule has 0 atom stereocenters. The van der Waals surface area contributed by atoms with Crippen LogP contribution in [-0.2, 0) is 6.61 Å². The van der Waals surface area contributed by atoms with E-state index in [-0.39, 0.29) is 5.56 Å². The van der Waals surface area contributed by atoms with Gasteiger partial charge in [-0.05, 0) is 29.3 Å². The Morgan fingerprint density at radius 3 is 2.64 bits per heavy atom. The van der Waals surface area contributed by atoms with Gasteiger partial charge >= 0.3 is 0 Å². The summed E-state index contributed by atoms with van der Waals surface area (Å²) in [6, 6.07) is 14.9. The number of nitrogens with zero attached hydrogens (tertiary/aromatic N) is 1. The molecule has 1 aromatic heterocycles. The van der Waals surface area contributed by atoms with Crippen LogP contribution in [0, 0.1) is 0 Å². The Morgan fingerprint density at radius 1 is 1.00 bits per heavy atom. The Morgan fingerprint density at radius 2 is 1.82 bits per heavy atom. The van der Waals surface area contributed by atoms with Gasteiger partial charge in [-0.15, -0.1) is 0 Å². The second-order valence-corrected chi connectivity index (χ2v) is 6.32. The number of hydrogen-bond donors (Lipinski definition) is 1. The van der Waals surface area contributed by atoms with Crippen LogP contribution in [0.5, 0.6) is 17.2 Å². The van der Waals surface area contributed by atoms with Crippen molar-refractivity contribution in [3.05, 3.63) is 75.2 Å². The van der Waals surface area contributed by atoms with E-state index in [1.54, 1.807) is 20.3 Å². The monoisotopic (exact) mass is 376 g/mol. The molecule has 6 heteroatoms. The summed E-state index contributed by atoms with van der Waals surface area (Å²) in [7, 11) is 3.23. The molecular formula is C22H20N2O4. The Bertz CT molecular complexity index is 1200. The number of para-hydroxylation sites is 1. The molecule has 1 aliphatic heterocycles. The lowest BCUT2D eigenvalue weighted by Crippen LogP contribution is -2.33. The summed E-state index contributed by atoms with van der Waals surface area (Å²) < 4.78 is 16.9. The number of nitrogens with one attached hydrogen (secondary N) is 1. The predicted octanol–water partition coefficient (Wildman–Crippen LogP) is 2.05. The number of hydrogen-bond acceptors (Lipinski definition) is 5. The van der Waals surface area contributed by atoms with E-state index in [0.29, 0.717) is 30.1 Å². The number of H-pyrrole nitrogens is 1. The van der Waals surface area contributed by atoms with Gasteiger partial charge in [0.15, 0.2) is 11.5 Å². The van der Waals surface area contributed by atoms with Crippen molar-refractivity contribution in [2.45, 2.75) is 6.61 Å². The second kappa shape index (κ2) is 7.60. The van der Waals surface area contributed by atoms with Gasteiger partial charge in [0.25, 0.3) is 0 Å². The van der Waals surface area contributed by atoms with Gasteiger partial charge in [0.1, 0.15) is 17.8 Å². The summed E-state index contributed by atoms with van der Waals surface area (Å²) in [5.41, 5.74) is 3.09. The second-order valence-electron chi connectivity index (χ2n) is 6.32. The summed E-state index contributed by atoms with van der Waals surface area (Å²) >= 11 is 0. The molecule has 28 heavy (non-hydrogen) atoms. The van der Waals surface area contributed by atoms with Crippen LogP contribution in [0.4, 0.5) is 0 Å². The average molecular weight is 376 g/mol. The molecule has 4 rings (SSSR count). The van der Waals surface area contributed by atoms with Crippen LogP contribution in [0.1, 0.15) is 5.56 Å². The minimum atomic E-state index is -0.178. The zero-order valence-corrected chi connectivity index (χ0v) is 15.7. The van der Waals surface area contributed by atoms with Crippen LogP contribution in [0.3, 0.4) is 0 Å². The van der Waals surface area contributed by atoms with E-state index in [1.165, 1.54) is 0 Å². The fourth-order valence-electron chi connectivity index (χ4n) is 3.29. The quantitative estimate of drug-likeness (QED) is 0.715. The smallest absolute Gasteiger partial charge is 0.250 e. The molecule has 0 radical (unpaired) electrons. The SMILES string of the molecule is COc1ccccc1COc1ccc(-c2cc(=O)[nH]c3c2=CCN=3)cc1OC. The summed E-state index contributed by atoms with van der Waals surface area (Å²) in [6.07, 6.45) is 2.00. The molecule has 0 amide bonds. The number of benzene rings is 2. The van der Waals surface area contributed by atoms with Gasteiger partial charge in [0, 0.05) is 16.8 Å². The number of aromatic amines is 1. The summed E-state index contributed by atoms with van der Waals surface area (Å²) in [5.74, 6) is 1.99. The summed E-state index contributed by atoms with van der Waals surface area (Å²) in [4.78, 5) is 19.0. The Hall–Kier alpha value is -3.54. The highest BCUT2D eigenvalue weighted by atomic mass is 16.5. The van der Waals surface area contributed by atoms with Crippen molar-refractivity contribution in [1.82, 2.24) is 4.98 Å². The molecule has 6 nitrogen and oxygen atoms in total. The van der Waals surface area contributed by atoms with Crippen molar-refractivity contribution in [2.24, 2.45) is 4.99 Å². The average Bonchev–Trinajstić information content (AvgIpc) is 3.20. The first-order chi connectivity index (χ1) is 13.7. The molecule has 0 saturated carbocycles. The van der Waals surface area contributed by atoms with Gasteiger partial charge in [-0.3, -0.25) is 9.79 Å². The van der Waals surface area contributed by atoms with Gasteiger partial charge in [0.05, 0.1) is 20.8 Å². The fourth-order valence-corrected chi connectivity index (χ4v) is 3.29. The van der Waals surface area contributed by atoms with E-state index >= 15 is 0 Å². The fraction of sp³-hybridized carbons (Fsp3) is 0.182. The lowest BCUT2D eigenvalue weighted by Gasteiger charge is -2.14. The zero-order chi connectivity index (χ0) is 19.5. The highest BCUT2D eigenvalue weighted by Gasteiger charge is 2.12. The molecular weight excluding hydrogens is 356 g/mol. The summed E-state index contributed by atoms with van der Waals surface area (Å²) in [6.45, 7) is 0.923. The predicted molar refractivity (Wildman–Crippen MR) is 106 cm³/mol. The normalized spacial score (nSPS) is 11.9. The third kappa shape index (κ3) is 3.36. The van der Waals surface area contributed by atoms with Gasteiger partial charge in [-0.25, -0.2) is 0 Å². The number of pyridine rings is 1. The molecule has 1 N–H and O–H groups in total. The van der Waals surface area contributed by atoms with Crippen LogP contribution in [0.2, 0.25) is 0 Å². The van der Waals surface area contributed by atoms with Gasteiger partial charge in [-0.1, -0.05) is 30.3 Å². The van der Waals surface area contributed by atoms with Gasteiger partial charge in [-0.2, -0.15) is 0 Å². The van der Waals surface area contributed by atoms with E-state index in [9.17, 15) is 4.79 Å². The number of methoxy groups -OCH3 is 2. The van der Waals surface area contributed by atoms with E-state index < -0.39 is 0 Å². The highest BCUT2D eigenvalue weighted by molar-refractivity contribution is 5.68. The van der Waals surface area contributed by atoms with Crippen molar-refractivity contribution in [1.29, 1.82) is 0 Å². The maximum atomic E-state index is 12.0. The lowest BCUT2D eigenvalue weighted by molar-refractivity contribution is 0.278. The Kier molecular flexibility index (Phi) is 4.85.